The lowest BCUT2D eigenvalue weighted by atomic mass is 9.92. The molecule has 1 heterocycles. The van der Waals surface area contributed by atoms with Gasteiger partial charge in [-0.2, -0.15) is 0 Å². The Hall–Kier alpha value is -0.870. The number of likely N-dealkylation sites (tertiary alicyclic amines) is 1. The number of carbonyl (C=O) groups is 1. The molecule has 1 aliphatic heterocycles. The maximum Gasteiger partial charge on any atom is 0.226 e. The summed E-state index contributed by atoms with van der Waals surface area (Å²) in [6, 6.07) is 8.55. The van der Waals surface area contributed by atoms with Crippen molar-refractivity contribution in [1.82, 2.24) is 4.90 Å². The van der Waals surface area contributed by atoms with Crippen LogP contribution >= 0.6 is 15.9 Å². The summed E-state index contributed by atoms with van der Waals surface area (Å²) in [5.41, 5.74) is 7.30. The van der Waals surface area contributed by atoms with Crippen LogP contribution in [0.2, 0.25) is 0 Å². The number of hydrogen-bond donors (Lipinski definition) is 1. The van der Waals surface area contributed by atoms with Crippen LogP contribution in [0.15, 0.2) is 28.7 Å². The zero-order valence-corrected chi connectivity index (χ0v) is 14.1. The second-order valence-electron chi connectivity index (χ2n) is 6.55. The fourth-order valence-corrected chi connectivity index (χ4v) is 3.68. The Labute approximate surface area is 135 Å². The summed E-state index contributed by atoms with van der Waals surface area (Å²) >= 11 is 3.45. The van der Waals surface area contributed by atoms with Gasteiger partial charge in [-0.1, -0.05) is 28.1 Å². The molecule has 1 aliphatic carbocycles. The van der Waals surface area contributed by atoms with Crippen LogP contribution in [0, 0.1) is 11.8 Å². The van der Waals surface area contributed by atoms with E-state index in [0.29, 0.717) is 17.7 Å². The van der Waals surface area contributed by atoms with Crippen LogP contribution in [-0.2, 0) is 4.79 Å². The largest absolute Gasteiger partial charge is 0.342 e. The van der Waals surface area contributed by atoms with Crippen molar-refractivity contribution in [2.45, 2.75) is 38.1 Å². The van der Waals surface area contributed by atoms with Crippen molar-refractivity contribution >= 4 is 21.8 Å². The second kappa shape index (κ2) is 6.09. The van der Waals surface area contributed by atoms with Crippen molar-refractivity contribution < 1.29 is 4.79 Å². The molecule has 21 heavy (non-hydrogen) atoms. The van der Waals surface area contributed by atoms with E-state index < -0.39 is 0 Å². The van der Waals surface area contributed by atoms with Gasteiger partial charge in [0.1, 0.15) is 0 Å². The van der Waals surface area contributed by atoms with Gasteiger partial charge in [-0.3, -0.25) is 4.79 Å². The third-order valence-corrected chi connectivity index (χ3v) is 5.45. The SMILES string of the molecule is C[C@H](N)[C@@H]1CCCN(C(=O)[C@@H]2C[C@@H]2c2ccc(Br)cc2)C1. The average molecular weight is 351 g/mol. The van der Waals surface area contributed by atoms with Gasteiger partial charge >= 0.3 is 0 Å². The van der Waals surface area contributed by atoms with E-state index in [1.807, 2.05) is 0 Å². The predicted octanol–water partition coefficient (Wildman–Crippen LogP) is 3.14. The Balaban J connectivity index is 1.61. The Kier molecular flexibility index (Phi) is 4.36. The molecule has 1 aromatic carbocycles. The topological polar surface area (TPSA) is 46.3 Å². The van der Waals surface area contributed by atoms with Gasteiger partial charge in [0.05, 0.1) is 0 Å². The van der Waals surface area contributed by atoms with Crippen molar-refractivity contribution in [1.29, 1.82) is 0 Å². The van der Waals surface area contributed by atoms with E-state index in [1.54, 1.807) is 0 Å². The molecule has 3 nitrogen and oxygen atoms in total. The summed E-state index contributed by atoms with van der Waals surface area (Å²) in [5.74, 6) is 1.42. The number of benzene rings is 1. The zero-order valence-electron chi connectivity index (χ0n) is 12.5. The van der Waals surface area contributed by atoms with Crippen LogP contribution in [0.1, 0.15) is 37.7 Å². The quantitative estimate of drug-likeness (QED) is 0.909. The summed E-state index contributed by atoms with van der Waals surface area (Å²) in [5, 5.41) is 0. The van der Waals surface area contributed by atoms with Crippen molar-refractivity contribution in [3.63, 3.8) is 0 Å². The first-order chi connectivity index (χ1) is 10.1. The highest BCUT2D eigenvalue weighted by Gasteiger charge is 2.46. The summed E-state index contributed by atoms with van der Waals surface area (Å²) in [6.07, 6.45) is 3.25. The van der Waals surface area contributed by atoms with Crippen LogP contribution < -0.4 is 5.73 Å². The second-order valence-corrected chi connectivity index (χ2v) is 7.46. The van der Waals surface area contributed by atoms with Gasteiger partial charge in [-0.05, 0) is 55.7 Å². The molecule has 114 valence electrons. The molecule has 2 aliphatic rings. The lowest BCUT2D eigenvalue weighted by Crippen LogP contribution is -2.45. The molecular weight excluding hydrogens is 328 g/mol. The number of piperidine rings is 1. The predicted molar refractivity (Wildman–Crippen MR) is 87.9 cm³/mol. The highest BCUT2D eigenvalue weighted by atomic mass is 79.9. The van der Waals surface area contributed by atoms with Crippen LogP contribution in [0.25, 0.3) is 0 Å². The molecule has 1 saturated heterocycles. The molecule has 2 N–H and O–H groups in total. The van der Waals surface area contributed by atoms with E-state index in [4.69, 9.17) is 5.73 Å². The molecule has 3 rings (SSSR count). The number of nitrogens with two attached hydrogens (primary N) is 1. The number of nitrogens with zero attached hydrogens (tertiary/aromatic N) is 1. The highest BCUT2D eigenvalue weighted by molar-refractivity contribution is 9.10. The molecule has 4 atom stereocenters. The maximum absolute atomic E-state index is 12.7. The van der Waals surface area contributed by atoms with Gasteiger partial charge in [0, 0.05) is 29.5 Å². The van der Waals surface area contributed by atoms with Gasteiger partial charge in [0.2, 0.25) is 5.91 Å². The van der Waals surface area contributed by atoms with E-state index >= 15 is 0 Å². The Morgan fingerprint density at radius 3 is 2.76 bits per heavy atom. The molecule has 0 spiro atoms. The molecule has 0 bridgehead atoms. The lowest BCUT2D eigenvalue weighted by Gasteiger charge is -2.34. The maximum atomic E-state index is 12.7. The van der Waals surface area contributed by atoms with Crippen molar-refractivity contribution in [2.24, 2.45) is 17.6 Å². The Bertz CT molecular complexity index is 514. The van der Waals surface area contributed by atoms with Crippen molar-refractivity contribution in [2.75, 3.05) is 13.1 Å². The number of carbonyl (C=O) groups excluding carboxylic acids is 1. The zero-order chi connectivity index (χ0) is 15.0. The average Bonchev–Trinajstić information content (AvgIpc) is 3.28. The molecule has 1 saturated carbocycles. The number of hydrogen-bond acceptors (Lipinski definition) is 2. The van der Waals surface area contributed by atoms with Crippen LogP contribution in [0.5, 0.6) is 0 Å². The summed E-state index contributed by atoms with van der Waals surface area (Å²) in [4.78, 5) is 14.7. The monoisotopic (exact) mass is 350 g/mol. The number of halogens is 1. The normalized spacial score (nSPS) is 30.0. The molecule has 4 heteroatoms. The molecule has 0 radical (unpaired) electrons. The smallest absolute Gasteiger partial charge is 0.226 e. The van der Waals surface area contributed by atoms with E-state index in [0.717, 1.165) is 36.8 Å². The highest BCUT2D eigenvalue weighted by Crippen LogP contribution is 2.49. The molecule has 1 amide bonds. The van der Waals surface area contributed by atoms with Crippen molar-refractivity contribution in [3.05, 3.63) is 34.3 Å². The van der Waals surface area contributed by atoms with E-state index in [9.17, 15) is 4.79 Å². The first kappa shape index (κ1) is 15.0. The van der Waals surface area contributed by atoms with E-state index in [2.05, 4.69) is 52.0 Å². The van der Waals surface area contributed by atoms with Crippen LogP contribution in [0.4, 0.5) is 0 Å². The Morgan fingerprint density at radius 1 is 1.38 bits per heavy atom. The molecule has 0 aromatic heterocycles. The minimum Gasteiger partial charge on any atom is -0.342 e. The Morgan fingerprint density at radius 2 is 2.10 bits per heavy atom. The van der Waals surface area contributed by atoms with Gasteiger partial charge in [0.25, 0.3) is 0 Å². The number of rotatable bonds is 3. The van der Waals surface area contributed by atoms with E-state index in [-0.39, 0.29) is 12.0 Å². The van der Waals surface area contributed by atoms with Gasteiger partial charge in [0.15, 0.2) is 0 Å². The van der Waals surface area contributed by atoms with Crippen LogP contribution in [0.3, 0.4) is 0 Å². The minimum atomic E-state index is 0.182. The molecular formula is C17H23BrN2O. The summed E-state index contributed by atoms with van der Waals surface area (Å²) in [6.45, 7) is 3.81. The van der Waals surface area contributed by atoms with Crippen molar-refractivity contribution in [3.8, 4) is 0 Å². The first-order valence-corrected chi connectivity index (χ1v) is 8.65. The van der Waals surface area contributed by atoms with Gasteiger partial charge in [-0.15, -0.1) is 0 Å². The third kappa shape index (κ3) is 3.32. The standard InChI is InChI=1S/C17H23BrN2O/c1-11(19)13-3-2-8-20(10-13)17(21)16-9-15(16)12-4-6-14(18)7-5-12/h4-7,11,13,15-16H,2-3,8-10,19H2,1H3/t11-,13+,15+,16+/m0/s1. The number of amides is 1. The fourth-order valence-electron chi connectivity index (χ4n) is 3.42. The first-order valence-electron chi connectivity index (χ1n) is 7.86. The minimum absolute atomic E-state index is 0.182. The molecule has 1 aromatic rings. The molecule has 2 fully saturated rings. The summed E-state index contributed by atoms with van der Waals surface area (Å²) < 4.78 is 1.09. The van der Waals surface area contributed by atoms with Gasteiger partial charge in [-0.25, -0.2) is 0 Å². The molecule has 0 unspecified atom stereocenters. The van der Waals surface area contributed by atoms with Gasteiger partial charge < -0.3 is 10.6 Å². The fraction of sp³-hybridized carbons (Fsp3) is 0.588. The summed E-state index contributed by atoms with van der Waals surface area (Å²) in [7, 11) is 0. The lowest BCUT2D eigenvalue weighted by molar-refractivity contribution is -0.134. The van der Waals surface area contributed by atoms with Crippen LogP contribution in [-0.4, -0.2) is 29.9 Å². The third-order valence-electron chi connectivity index (χ3n) is 4.92. The van der Waals surface area contributed by atoms with E-state index in [1.165, 1.54) is 5.56 Å².